The van der Waals surface area contributed by atoms with Crippen molar-refractivity contribution in [2.45, 2.75) is 6.92 Å². The van der Waals surface area contributed by atoms with Gasteiger partial charge in [-0.3, -0.25) is 10.1 Å². The summed E-state index contributed by atoms with van der Waals surface area (Å²) in [6.45, 7) is 1.35. The first-order valence-corrected chi connectivity index (χ1v) is 6.46. The van der Waals surface area contributed by atoms with Crippen LogP contribution in [0.3, 0.4) is 0 Å². The SMILES string of the molecule is Cc1ccc(Nc2nc(NCC(=O)[O-])nc(N)c2[N+](=O)[O-])cc1. The number of aliphatic carboxylic acids is 1. The van der Waals surface area contributed by atoms with E-state index in [-0.39, 0.29) is 17.6 Å². The van der Waals surface area contributed by atoms with E-state index in [2.05, 4.69) is 20.6 Å². The molecule has 10 nitrogen and oxygen atoms in total. The van der Waals surface area contributed by atoms with Crippen LogP contribution in [0.4, 0.5) is 29.0 Å². The van der Waals surface area contributed by atoms with Gasteiger partial charge in [-0.2, -0.15) is 9.97 Å². The van der Waals surface area contributed by atoms with Crippen molar-refractivity contribution in [3.63, 3.8) is 0 Å². The highest BCUT2D eigenvalue weighted by molar-refractivity contribution is 5.75. The lowest BCUT2D eigenvalue weighted by atomic mass is 10.2. The first-order valence-electron chi connectivity index (χ1n) is 6.46. The number of carboxylic acids is 1. The second-order valence-electron chi connectivity index (χ2n) is 4.60. The largest absolute Gasteiger partial charge is 0.548 e. The number of carbonyl (C=O) groups excluding carboxylic acids is 1. The average molecular weight is 317 g/mol. The Bertz CT molecular complexity index is 747. The number of benzene rings is 1. The van der Waals surface area contributed by atoms with Gasteiger partial charge in [0.25, 0.3) is 0 Å². The monoisotopic (exact) mass is 317 g/mol. The number of hydrogen-bond donors (Lipinski definition) is 3. The summed E-state index contributed by atoms with van der Waals surface area (Å²) in [6, 6.07) is 7.05. The van der Waals surface area contributed by atoms with Crippen LogP contribution in [0.15, 0.2) is 24.3 Å². The molecule has 10 heteroatoms. The Morgan fingerprint density at radius 1 is 1.30 bits per heavy atom. The van der Waals surface area contributed by atoms with Gasteiger partial charge in [0.15, 0.2) is 0 Å². The fraction of sp³-hybridized carbons (Fsp3) is 0.154. The molecule has 0 saturated carbocycles. The number of nitrogen functional groups attached to an aromatic ring is 1. The second kappa shape index (κ2) is 6.56. The Labute approximate surface area is 130 Å². The molecule has 0 radical (unpaired) electrons. The summed E-state index contributed by atoms with van der Waals surface area (Å²) in [4.78, 5) is 28.5. The molecule has 0 saturated heterocycles. The molecule has 2 aromatic rings. The molecule has 120 valence electrons. The van der Waals surface area contributed by atoms with E-state index in [1.807, 2.05) is 19.1 Å². The Morgan fingerprint density at radius 2 is 1.96 bits per heavy atom. The van der Waals surface area contributed by atoms with Crippen LogP contribution < -0.4 is 21.5 Å². The number of carbonyl (C=O) groups is 1. The molecule has 0 unspecified atom stereocenters. The molecule has 0 aliphatic heterocycles. The minimum absolute atomic E-state index is 0.146. The van der Waals surface area contributed by atoms with Crippen LogP contribution in [0.25, 0.3) is 0 Å². The van der Waals surface area contributed by atoms with E-state index < -0.39 is 23.1 Å². The molecule has 23 heavy (non-hydrogen) atoms. The summed E-state index contributed by atoms with van der Waals surface area (Å²) in [5.74, 6) is -2.07. The van der Waals surface area contributed by atoms with Gasteiger partial charge in [-0.15, -0.1) is 0 Å². The van der Waals surface area contributed by atoms with Crippen LogP contribution >= 0.6 is 0 Å². The number of nitrogens with two attached hydrogens (primary N) is 1. The van der Waals surface area contributed by atoms with Crippen LogP contribution in [0, 0.1) is 17.0 Å². The predicted molar refractivity (Wildman–Crippen MR) is 81.1 cm³/mol. The molecule has 1 aromatic carbocycles. The number of nitro groups is 1. The van der Waals surface area contributed by atoms with Crippen molar-refractivity contribution in [2.24, 2.45) is 0 Å². The molecule has 1 heterocycles. The van der Waals surface area contributed by atoms with Gasteiger partial charge >= 0.3 is 5.69 Å². The van der Waals surface area contributed by atoms with Crippen molar-refractivity contribution in [3.8, 4) is 0 Å². The maximum Gasteiger partial charge on any atom is 0.353 e. The lowest BCUT2D eigenvalue weighted by Gasteiger charge is -2.11. The summed E-state index contributed by atoms with van der Waals surface area (Å²) in [5, 5.41) is 26.7. The van der Waals surface area contributed by atoms with E-state index in [1.54, 1.807) is 12.1 Å². The van der Waals surface area contributed by atoms with Gasteiger partial charge in [-0.05, 0) is 19.1 Å². The summed E-state index contributed by atoms with van der Waals surface area (Å²) < 4.78 is 0. The van der Waals surface area contributed by atoms with Crippen molar-refractivity contribution in [3.05, 3.63) is 39.9 Å². The molecule has 4 N–H and O–H groups in total. The zero-order valence-electron chi connectivity index (χ0n) is 12.1. The van der Waals surface area contributed by atoms with Gasteiger partial charge in [0.1, 0.15) is 0 Å². The van der Waals surface area contributed by atoms with Gasteiger partial charge in [0, 0.05) is 5.69 Å². The highest BCUT2D eigenvalue weighted by atomic mass is 16.6. The first-order chi connectivity index (χ1) is 10.9. The zero-order valence-corrected chi connectivity index (χ0v) is 12.1. The van der Waals surface area contributed by atoms with Gasteiger partial charge in [-0.1, -0.05) is 17.7 Å². The van der Waals surface area contributed by atoms with Crippen molar-refractivity contribution in [1.82, 2.24) is 9.97 Å². The summed E-state index contributed by atoms with van der Waals surface area (Å²) in [6.07, 6.45) is 0. The molecule has 0 amide bonds. The Balaban J connectivity index is 2.38. The van der Waals surface area contributed by atoms with Crippen molar-refractivity contribution in [1.29, 1.82) is 0 Å². The number of carboxylic acid groups (broad SMARTS) is 1. The summed E-state index contributed by atoms with van der Waals surface area (Å²) in [7, 11) is 0. The number of aryl methyl sites for hydroxylation is 1. The van der Waals surface area contributed by atoms with E-state index in [0.717, 1.165) is 5.56 Å². The standard InChI is InChI=1S/C13H14N6O4/c1-7-2-4-8(5-3-7)16-12-10(19(22)23)11(14)17-13(18-12)15-6-9(20)21/h2-5H,6H2,1H3,(H,20,21)(H4,14,15,16,17,18)/p-1. The Hall–Kier alpha value is -3.43. The topological polar surface area (TPSA) is 159 Å². The molecular formula is C13H13N6O4-. The van der Waals surface area contributed by atoms with Crippen molar-refractivity contribution in [2.75, 3.05) is 22.9 Å². The highest BCUT2D eigenvalue weighted by Crippen LogP contribution is 2.31. The lowest BCUT2D eigenvalue weighted by Crippen LogP contribution is -2.30. The minimum Gasteiger partial charge on any atom is -0.548 e. The Morgan fingerprint density at radius 3 is 2.52 bits per heavy atom. The van der Waals surface area contributed by atoms with E-state index in [0.29, 0.717) is 5.69 Å². The van der Waals surface area contributed by atoms with Crippen molar-refractivity contribution >= 4 is 34.9 Å². The number of nitrogens with zero attached hydrogens (tertiary/aromatic N) is 3. The van der Waals surface area contributed by atoms with Crippen LogP contribution in [-0.4, -0.2) is 27.4 Å². The summed E-state index contributed by atoms with van der Waals surface area (Å²) in [5.41, 5.74) is 6.65. The van der Waals surface area contributed by atoms with E-state index in [9.17, 15) is 20.0 Å². The molecule has 2 rings (SSSR count). The molecule has 0 aliphatic rings. The zero-order chi connectivity index (χ0) is 17.0. The molecule has 0 bridgehead atoms. The Kier molecular flexibility index (Phi) is 4.55. The second-order valence-corrected chi connectivity index (χ2v) is 4.60. The fourth-order valence-corrected chi connectivity index (χ4v) is 1.74. The fourth-order valence-electron chi connectivity index (χ4n) is 1.74. The third-order valence-electron chi connectivity index (χ3n) is 2.80. The normalized spacial score (nSPS) is 10.1. The number of nitrogens with one attached hydrogen (secondary N) is 2. The number of anilines is 4. The highest BCUT2D eigenvalue weighted by Gasteiger charge is 2.23. The van der Waals surface area contributed by atoms with Gasteiger partial charge in [0.05, 0.1) is 17.4 Å². The van der Waals surface area contributed by atoms with E-state index >= 15 is 0 Å². The maximum absolute atomic E-state index is 11.1. The minimum atomic E-state index is -1.38. The van der Waals surface area contributed by atoms with Crippen LogP contribution in [0.2, 0.25) is 0 Å². The molecule has 0 spiro atoms. The molecule has 1 aromatic heterocycles. The molecule has 0 atom stereocenters. The molecule has 0 aliphatic carbocycles. The van der Waals surface area contributed by atoms with E-state index in [4.69, 9.17) is 5.73 Å². The van der Waals surface area contributed by atoms with Gasteiger partial charge in [-0.25, -0.2) is 0 Å². The number of aromatic nitrogens is 2. The number of hydrogen-bond acceptors (Lipinski definition) is 9. The lowest BCUT2D eigenvalue weighted by molar-refractivity contribution is -0.383. The van der Waals surface area contributed by atoms with Crippen LogP contribution in [-0.2, 0) is 4.79 Å². The third-order valence-corrected chi connectivity index (χ3v) is 2.80. The first kappa shape index (κ1) is 15.9. The van der Waals surface area contributed by atoms with E-state index in [1.165, 1.54) is 0 Å². The van der Waals surface area contributed by atoms with Gasteiger partial charge in [0.2, 0.25) is 17.6 Å². The van der Waals surface area contributed by atoms with Crippen LogP contribution in [0.5, 0.6) is 0 Å². The van der Waals surface area contributed by atoms with Gasteiger partial charge < -0.3 is 26.3 Å². The van der Waals surface area contributed by atoms with Crippen molar-refractivity contribution < 1.29 is 14.8 Å². The summed E-state index contributed by atoms with van der Waals surface area (Å²) >= 11 is 0. The smallest absolute Gasteiger partial charge is 0.353 e. The average Bonchev–Trinajstić information content (AvgIpc) is 2.46. The molecular weight excluding hydrogens is 304 g/mol. The third kappa shape index (κ3) is 4.03. The van der Waals surface area contributed by atoms with Crippen LogP contribution in [0.1, 0.15) is 5.56 Å². The molecule has 0 fully saturated rings. The quantitative estimate of drug-likeness (QED) is 0.498. The predicted octanol–water partition coefficient (Wildman–Crippen LogP) is 0.181. The maximum atomic E-state index is 11.1. The number of rotatable bonds is 6.